The first-order chi connectivity index (χ1) is 7.74. The van der Waals surface area contributed by atoms with E-state index in [0.717, 1.165) is 12.2 Å². The van der Waals surface area contributed by atoms with Crippen molar-refractivity contribution in [2.45, 2.75) is 18.2 Å². The average Bonchev–Trinajstić information content (AvgIpc) is 2.34. The Labute approximate surface area is 104 Å². The van der Waals surface area contributed by atoms with Gasteiger partial charge in [-0.05, 0) is 18.6 Å². The summed E-state index contributed by atoms with van der Waals surface area (Å²) >= 11 is 3.29. The summed E-state index contributed by atoms with van der Waals surface area (Å²) in [4.78, 5) is 11.3. The van der Waals surface area contributed by atoms with Gasteiger partial charge in [0.1, 0.15) is 12.4 Å². The standard InChI is InChI=1S/C12H16BrNO2/c1-2-11(13)12(15)14-8-9-16-10-6-4-3-5-7-10/h3-7,11H,2,8-9H2,1H3,(H,14,15). The molecule has 0 aliphatic rings. The number of para-hydroxylation sites is 1. The van der Waals surface area contributed by atoms with E-state index in [1.807, 2.05) is 37.3 Å². The molecule has 0 aromatic heterocycles. The molecule has 88 valence electrons. The number of benzene rings is 1. The van der Waals surface area contributed by atoms with Crippen molar-refractivity contribution in [3.63, 3.8) is 0 Å². The van der Waals surface area contributed by atoms with Gasteiger partial charge in [0.25, 0.3) is 0 Å². The number of carbonyl (C=O) groups excluding carboxylic acids is 1. The maximum atomic E-state index is 11.4. The number of rotatable bonds is 6. The number of hydrogen-bond acceptors (Lipinski definition) is 2. The molecule has 0 aliphatic carbocycles. The second-order valence-corrected chi connectivity index (χ2v) is 4.43. The number of ether oxygens (including phenoxy) is 1. The van der Waals surface area contributed by atoms with E-state index in [1.165, 1.54) is 0 Å². The monoisotopic (exact) mass is 285 g/mol. The van der Waals surface area contributed by atoms with Crippen LogP contribution in [0.2, 0.25) is 0 Å². The van der Waals surface area contributed by atoms with Crippen LogP contribution in [-0.4, -0.2) is 23.9 Å². The molecule has 1 amide bonds. The summed E-state index contributed by atoms with van der Waals surface area (Å²) in [7, 11) is 0. The molecule has 0 aliphatic heterocycles. The first kappa shape index (κ1) is 13.0. The van der Waals surface area contributed by atoms with Gasteiger partial charge in [-0.3, -0.25) is 4.79 Å². The lowest BCUT2D eigenvalue weighted by Crippen LogP contribution is -2.33. The SMILES string of the molecule is CCC(Br)C(=O)NCCOc1ccccc1. The van der Waals surface area contributed by atoms with E-state index >= 15 is 0 Å². The maximum Gasteiger partial charge on any atom is 0.233 e. The molecule has 0 fully saturated rings. The zero-order chi connectivity index (χ0) is 11.8. The second kappa shape index (κ2) is 7.28. The van der Waals surface area contributed by atoms with Crippen LogP contribution >= 0.6 is 15.9 Å². The normalized spacial score (nSPS) is 11.9. The first-order valence-corrected chi connectivity index (χ1v) is 6.25. The summed E-state index contributed by atoms with van der Waals surface area (Å²) in [5, 5.41) is 2.79. The van der Waals surface area contributed by atoms with E-state index in [2.05, 4.69) is 21.2 Å². The van der Waals surface area contributed by atoms with Gasteiger partial charge < -0.3 is 10.1 Å². The molecular weight excluding hydrogens is 270 g/mol. The zero-order valence-corrected chi connectivity index (χ0v) is 10.9. The molecule has 0 saturated carbocycles. The average molecular weight is 286 g/mol. The van der Waals surface area contributed by atoms with E-state index in [4.69, 9.17) is 4.74 Å². The van der Waals surface area contributed by atoms with Gasteiger partial charge in [-0.1, -0.05) is 41.1 Å². The fourth-order valence-electron chi connectivity index (χ4n) is 1.16. The number of nitrogens with one attached hydrogen (secondary N) is 1. The Morgan fingerprint density at radius 2 is 2.12 bits per heavy atom. The van der Waals surface area contributed by atoms with Gasteiger partial charge in [0.2, 0.25) is 5.91 Å². The summed E-state index contributed by atoms with van der Waals surface area (Å²) < 4.78 is 5.44. The molecule has 1 aromatic rings. The highest BCUT2D eigenvalue weighted by Crippen LogP contribution is 2.07. The Kier molecular flexibility index (Phi) is 5.93. The van der Waals surface area contributed by atoms with Crippen LogP contribution in [0.3, 0.4) is 0 Å². The molecule has 4 heteroatoms. The van der Waals surface area contributed by atoms with Gasteiger partial charge in [-0.25, -0.2) is 0 Å². The quantitative estimate of drug-likeness (QED) is 0.644. The number of hydrogen-bond donors (Lipinski definition) is 1. The van der Waals surface area contributed by atoms with Crippen molar-refractivity contribution >= 4 is 21.8 Å². The number of alkyl halides is 1. The molecule has 0 bridgehead atoms. The summed E-state index contributed by atoms with van der Waals surface area (Å²) in [6, 6.07) is 9.55. The fourth-order valence-corrected chi connectivity index (χ4v) is 1.32. The summed E-state index contributed by atoms with van der Waals surface area (Å²) in [5.41, 5.74) is 0. The zero-order valence-electron chi connectivity index (χ0n) is 9.28. The van der Waals surface area contributed by atoms with E-state index < -0.39 is 0 Å². The lowest BCUT2D eigenvalue weighted by molar-refractivity contribution is -0.120. The largest absolute Gasteiger partial charge is 0.492 e. The highest BCUT2D eigenvalue weighted by atomic mass is 79.9. The molecule has 1 N–H and O–H groups in total. The molecule has 1 unspecified atom stereocenters. The lowest BCUT2D eigenvalue weighted by Gasteiger charge is -2.09. The van der Waals surface area contributed by atoms with E-state index in [1.54, 1.807) is 0 Å². The minimum absolute atomic E-state index is 0.0131. The van der Waals surface area contributed by atoms with Crippen molar-refractivity contribution in [2.24, 2.45) is 0 Å². The Morgan fingerprint density at radius 3 is 2.75 bits per heavy atom. The highest BCUT2D eigenvalue weighted by molar-refractivity contribution is 9.10. The van der Waals surface area contributed by atoms with Gasteiger partial charge in [0.15, 0.2) is 0 Å². The number of carbonyl (C=O) groups is 1. The van der Waals surface area contributed by atoms with Gasteiger partial charge in [-0.15, -0.1) is 0 Å². The molecule has 1 rings (SSSR count). The third kappa shape index (κ3) is 4.66. The van der Waals surface area contributed by atoms with Crippen LogP contribution < -0.4 is 10.1 Å². The molecule has 3 nitrogen and oxygen atoms in total. The predicted octanol–water partition coefficient (Wildman–Crippen LogP) is 2.36. The van der Waals surface area contributed by atoms with Crippen molar-refractivity contribution < 1.29 is 9.53 Å². The second-order valence-electron chi connectivity index (χ2n) is 3.33. The third-order valence-electron chi connectivity index (χ3n) is 2.06. The van der Waals surface area contributed by atoms with Crippen molar-refractivity contribution in [2.75, 3.05) is 13.2 Å². The van der Waals surface area contributed by atoms with Gasteiger partial charge in [-0.2, -0.15) is 0 Å². The minimum atomic E-state index is -0.107. The van der Waals surface area contributed by atoms with E-state index in [0.29, 0.717) is 13.2 Å². The molecular formula is C12H16BrNO2. The van der Waals surface area contributed by atoms with Crippen LogP contribution in [0.15, 0.2) is 30.3 Å². The Hall–Kier alpha value is -1.03. The molecule has 16 heavy (non-hydrogen) atoms. The topological polar surface area (TPSA) is 38.3 Å². The van der Waals surface area contributed by atoms with E-state index in [9.17, 15) is 4.79 Å². The molecule has 1 aromatic carbocycles. The first-order valence-electron chi connectivity index (χ1n) is 5.33. The molecule has 0 heterocycles. The van der Waals surface area contributed by atoms with E-state index in [-0.39, 0.29) is 10.7 Å². The van der Waals surface area contributed by atoms with Crippen LogP contribution in [0.1, 0.15) is 13.3 Å². The summed E-state index contributed by atoms with van der Waals surface area (Å²) in [6.07, 6.45) is 0.783. The van der Waals surface area contributed by atoms with Gasteiger partial charge >= 0.3 is 0 Å². The van der Waals surface area contributed by atoms with Crippen molar-refractivity contribution in [3.05, 3.63) is 30.3 Å². The Morgan fingerprint density at radius 1 is 1.44 bits per heavy atom. The predicted molar refractivity (Wildman–Crippen MR) is 68.0 cm³/mol. The van der Waals surface area contributed by atoms with Crippen molar-refractivity contribution in [3.8, 4) is 5.75 Å². The van der Waals surface area contributed by atoms with Crippen molar-refractivity contribution in [1.82, 2.24) is 5.32 Å². The van der Waals surface area contributed by atoms with Crippen LogP contribution in [0.4, 0.5) is 0 Å². The lowest BCUT2D eigenvalue weighted by atomic mass is 10.3. The van der Waals surface area contributed by atoms with Crippen LogP contribution in [0.25, 0.3) is 0 Å². The minimum Gasteiger partial charge on any atom is -0.492 e. The number of halogens is 1. The summed E-state index contributed by atoms with van der Waals surface area (Å²) in [5.74, 6) is 0.835. The smallest absolute Gasteiger partial charge is 0.233 e. The maximum absolute atomic E-state index is 11.4. The van der Waals surface area contributed by atoms with Gasteiger partial charge in [0.05, 0.1) is 11.4 Å². The molecule has 1 atom stereocenters. The highest BCUT2D eigenvalue weighted by Gasteiger charge is 2.10. The van der Waals surface area contributed by atoms with Crippen LogP contribution in [-0.2, 0) is 4.79 Å². The Bertz CT molecular complexity index is 316. The molecule has 0 spiro atoms. The fraction of sp³-hybridized carbons (Fsp3) is 0.417. The van der Waals surface area contributed by atoms with Crippen molar-refractivity contribution in [1.29, 1.82) is 0 Å². The number of amides is 1. The Balaban J connectivity index is 2.15. The molecule has 0 radical (unpaired) electrons. The molecule has 0 saturated heterocycles. The third-order valence-corrected chi connectivity index (χ3v) is 3.12. The summed E-state index contributed by atoms with van der Waals surface area (Å²) in [6.45, 7) is 2.97. The van der Waals surface area contributed by atoms with Gasteiger partial charge in [0, 0.05) is 0 Å². The van der Waals surface area contributed by atoms with Crippen LogP contribution in [0, 0.1) is 0 Å². The van der Waals surface area contributed by atoms with Crippen LogP contribution in [0.5, 0.6) is 5.75 Å².